The Labute approximate surface area is 134 Å². The Morgan fingerprint density at radius 3 is 2.13 bits per heavy atom. The number of amides is 2. The molecular formula is C16H16N2O4S. The van der Waals surface area contributed by atoms with E-state index in [1.807, 2.05) is 0 Å². The van der Waals surface area contributed by atoms with E-state index in [0.717, 1.165) is 6.26 Å². The number of carbonyl (C=O) groups excluding carboxylic acids is 2. The van der Waals surface area contributed by atoms with Gasteiger partial charge < -0.3 is 10.6 Å². The minimum atomic E-state index is -3.30. The Hall–Kier alpha value is -2.67. The summed E-state index contributed by atoms with van der Waals surface area (Å²) in [5.74, 6) is -0.641. The van der Waals surface area contributed by atoms with Crippen LogP contribution in [0.25, 0.3) is 0 Å². The molecule has 6 nitrogen and oxygen atoms in total. The molecule has 0 fully saturated rings. The van der Waals surface area contributed by atoms with Crippen molar-refractivity contribution in [1.82, 2.24) is 5.32 Å². The lowest BCUT2D eigenvalue weighted by Gasteiger charge is -2.07. The summed E-state index contributed by atoms with van der Waals surface area (Å²) in [5.41, 5.74) is 1.23. The van der Waals surface area contributed by atoms with E-state index in [1.54, 1.807) is 24.3 Å². The average Bonchev–Trinajstić information content (AvgIpc) is 2.53. The third kappa shape index (κ3) is 4.17. The van der Waals surface area contributed by atoms with Crippen LogP contribution in [0.1, 0.15) is 20.7 Å². The molecule has 0 aliphatic carbocycles. The van der Waals surface area contributed by atoms with Gasteiger partial charge in [-0.05, 0) is 42.5 Å². The number of benzene rings is 2. The smallest absolute Gasteiger partial charge is 0.255 e. The van der Waals surface area contributed by atoms with Gasteiger partial charge in [-0.25, -0.2) is 8.42 Å². The highest BCUT2D eigenvalue weighted by atomic mass is 32.2. The van der Waals surface area contributed by atoms with E-state index >= 15 is 0 Å². The molecule has 0 aliphatic heterocycles. The van der Waals surface area contributed by atoms with Crippen molar-refractivity contribution in [3.63, 3.8) is 0 Å². The van der Waals surface area contributed by atoms with Crippen molar-refractivity contribution < 1.29 is 18.0 Å². The van der Waals surface area contributed by atoms with Gasteiger partial charge in [0.2, 0.25) is 0 Å². The van der Waals surface area contributed by atoms with Crippen LogP contribution in [0, 0.1) is 0 Å². The Kier molecular flexibility index (Phi) is 4.80. The third-order valence-electron chi connectivity index (χ3n) is 3.15. The van der Waals surface area contributed by atoms with Crippen molar-refractivity contribution in [3.8, 4) is 0 Å². The highest BCUT2D eigenvalue weighted by Gasteiger charge is 2.11. The van der Waals surface area contributed by atoms with Gasteiger partial charge in [0.25, 0.3) is 11.8 Å². The van der Waals surface area contributed by atoms with Gasteiger partial charge in [-0.15, -0.1) is 0 Å². The van der Waals surface area contributed by atoms with Crippen LogP contribution < -0.4 is 10.6 Å². The first-order chi connectivity index (χ1) is 10.8. The fourth-order valence-corrected chi connectivity index (χ4v) is 2.57. The highest BCUT2D eigenvalue weighted by Crippen LogP contribution is 2.14. The normalized spacial score (nSPS) is 10.9. The molecule has 2 N–H and O–H groups in total. The zero-order chi connectivity index (χ0) is 17.0. The molecule has 0 bridgehead atoms. The van der Waals surface area contributed by atoms with Crippen molar-refractivity contribution in [2.24, 2.45) is 0 Å². The van der Waals surface area contributed by atoms with E-state index < -0.39 is 9.84 Å². The van der Waals surface area contributed by atoms with Crippen LogP contribution in [-0.2, 0) is 9.84 Å². The van der Waals surface area contributed by atoms with Crippen LogP contribution >= 0.6 is 0 Å². The van der Waals surface area contributed by atoms with E-state index in [1.165, 1.54) is 31.3 Å². The molecule has 120 valence electrons. The van der Waals surface area contributed by atoms with Crippen molar-refractivity contribution >= 4 is 27.3 Å². The molecule has 0 heterocycles. The van der Waals surface area contributed by atoms with Crippen molar-refractivity contribution in [2.75, 3.05) is 18.6 Å². The number of hydrogen-bond donors (Lipinski definition) is 2. The zero-order valence-electron chi connectivity index (χ0n) is 12.7. The van der Waals surface area contributed by atoms with Gasteiger partial charge in [0, 0.05) is 30.1 Å². The highest BCUT2D eigenvalue weighted by molar-refractivity contribution is 7.90. The molecule has 2 aromatic carbocycles. The molecular weight excluding hydrogens is 316 g/mol. The molecule has 0 unspecified atom stereocenters. The summed E-state index contributed by atoms with van der Waals surface area (Å²) in [6, 6.07) is 12.2. The Balaban J connectivity index is 2.18. The monoisotopic (exact) mass is 332 g/mol. The first-order valence-corrected chi connectivity index (χ1v) is 8.64. The molecule has 23 heavy (non-hydrogen) atoms. The molecule has 0 radical (unpaired) electrons. The molecule has 7 heteroatoms. The number of rotatable bonds is 4. The summed E-state index contributed by atoms with van der Waals surface area (Å²) in [6.07, 6.45) is 1.10. The van der Waals surface area contributed by atoms with Crippen LogP contribution in [-0.4, -0.2) is 33.5 Å². The molecule has 0 saturated heterocycles. The molecule has 2 rings (SSSR count). The van der Waals surface area contributed by atoms with E-state index in [9.17, 15) is 18.0 Å². The van der Waals surface area contributed by atoms with Gasteiger partial charge in [0.05, 0.1) is 4.90 Å². The quantitative estimate of drug-likeness (QED) is 0.891. The third-order valence-corrected chi connectivity index (χ3v) is 4.28. The van der Waals surface area contributed by atoms with Gasteiger partial charge in [0.15, 0.2) is 9.84 Å². The first-order valence-electron chi connectivity index (χ1n) is 6.75. The molecule has 2 aromatic rings. The van der Waals surface area contributed by atoms with Crippen LogP contribution in [0.5, 0.6) is 0 Å². The lowest BCUT2D eigenvalue weighted by Crippen LogP contribution is -2.18. The maximum absolute atomic E-state index is 12.2. The van der Waals surface area contributed by atoms with E-state index in [0.29, 0.717) is 16.8 Å². The number of hydrogen-bond acceptors (Lipinski definition) is 4. The summed E-state index contributed by atoms with van der Waals surface area (Å²) in [5, 5.41) is 5.17. The first kappa shape index (κ1) is 16.7. The fourth-order valence-electron chi connectivity index (χ4n) is 1.94. The van der Waals surface area contributed by atoms with Gasteiger partial charge in [-0.1, -0.05) is 6.07 Å². The SMILES string of the molecule is CNC(=O)c1cccc(NC(=O)c2ccc(S(C)(=O)=O)cc2)c1. The predicted molar refractivity (Wildman–Crippen MR) is 87.3 cm³/mol. The van der Waals surface area contributed by atoms with E-state index in [4.69, 9.17) is 0 Å². The van der Waals surface area contributed by atoms with Crippen molar-refractivity contribution in [1.29, 1.82) is 0 Å². The number of sulfone groups is 1. The minimum absolute atomic E-state index is 0.149. The van der Waals surface area contributed by atoms with Gasteiger partial charge >= 0.3 is 0 Å². The summed E-state index contributed by atoms with van der Waals surface area (Å²) in [6.45, 7) is 0. The van der Waals surface area contributed by atoms with E-state index in [-0.39, 0.29) is 16.7 Å². The lowest BCUT2D eigenvalue weighted by molar-refractivity contribution is 0.0961. The largest absolute Gasteiger partial charge is 0.355 e. The molecule has 0 spiro atoms. The molecule has 0 aliphatic rings. The second kappa shape index (κ2) is 6.62. The van der Waals surface area contributed by atoms with Crippen LogP contribution in [0.4, 0.5) is 5.69 Å². The molecule has 0 atom stereocenters. The van der Waals surface area contributed by atoms with Crippen LogP contribution in [0.3, 0.4) is 0 Å². The topological polar surface area (TPSA) is 92.3 Å². The number of nitrogens with one attached hydrogen (secondary N) is 2. The second-order valence-corrected chi connectivity index (χ2v) is 6.93. The summed E-state index contributed by atoms with van der Waals surface area (Å²) >= 11 is 0. The Morgan fingerprint density at radius 1 is 0.913 bits per heavy atom. The summed E-state index contributed by atoms with van der Waals surface area (Å²) in [4.78, 5) is 23.9. The standard InChI is InChI=1S/C16H16N2O4S/c1-17-15(19)12-4-3-5-13(10-12)18-16(20)11-6-8-14(9-7-11)23(2,21)22/h3-10H,1-2H3,(H,17,19)(H,18,20). The number of anilines is 1. The van der Waals surface area contributed by atoms with Gasteiger partial charge in [-0.3, -0.25) is 9.59 Å². The number of carbonyl (C=O) groups is 2. The Morgan fingerprint density at radius 2 is 1.57 bits per heavy atom. The van der Waals surface area contributed by atoms with Crippen molar-refractivity contribution in [3.05, 3.63) is 59.7 Å². The summed E-state index contributed by atoms with van der Waals surface area (Å²) < 4.78 is 22.8. The minimum Gasteiger partial charge on any atom is -0.355 e. The maximum atomic E-state index is 12.2. The zero-order valence-corrected chi connectivity index (χ0v) is 13.5. The van der Waals surface area contributed by atoms with Crippen LogP contribution in [0.15, 0.2) is 53.4 Å². The maximum Gasteiger partial charge on any atom is 0.255 e. The van der Waals surface area contributed by atoms with E-state index in [2.05, 4.69) is 10.6 Å². The predicted octanol–water partition coefficient (Wildman–Crippen LogP) is 1.70. The molecule has 2 amide bonds. The second-order valence-electron chi connectivity index (χ2n) is 4.91. The molecule has 0 aromatic heterocycles. The van der Waals surface area contributed by atoms with Crippen LogP contribution in [0.2, 0.25) is 0 Å². The van der Waals surface area contributed by atoms with Gasteiger partial charge in [0.1, 0.15) is 0 Å². The average molecular weight is 332 g/mol. The lowest BCUT2D eigenvalue weighted by atomic mass is 10.1. The molecule has 0 saturated carbocycles. The summed E-state index contributed by atoms with van der Waals surface area (Å²) in [7, 11) is -1.77. The van der Waals surface area contributed by atoms with Gasteiger partial charge in [-0.2, -0.15) is 0 Å². The fraction of sp³-hybridized carbons (Fsp3) is 0.125. The van der Waals surface area contributed by atoms with Crippen molar-refractivity contribution in [2.45, 2.75) is 4.90 Å². The Bertz CT molecular complexity index is 843.